The first-order chi connectivity index (χ1) is 13.0. The van der Waals surface area contributed by atoms with Gasteiger partial charge in [0.25, 0.3) is 0 Å². The minimum absolute atomic E-state index is 0.00658. The van der Waals surface area contributed by atoms with Crippen molar-refractivity contribution in [2.45, 2.75) is 33.6 Å². The molecule has 27 heavy (non-hydrogen) atoms. The average Bonchev–Trinajstić information content (AvgIpc) is 3.27. The van der Waals surface area contributed by atoms with Crippen LogP contribution >= 0.6 is 0 Å². The lowest BCUT2D eigenvalue weighted by molar-refractivity contribution is -0.120. The van der Waals surface area contributed by atoms with E-state index in [-0.39, 0.29) is 5.91 Å². The van der Waals surface area contributed by atoms with Crippen molar-refractivity contribution in [2.75, 3.05) is 18.4 Å². The van der Waals surface area contributed by atoms with Gasteiger partial charge < -0.3 is 15.2 Å². The number of carbonyl (C=O) groups excluding carboxylic acids is 1. The summed E-state index contributed by atoms with van der Waals surface area (Å²) < 4.78 is 6.79. The van der Waals surface area contributed by atoms with Crippen LogP contribution in [0, 0.1) is 20.8 Å². The molecule has 0 aromatic carbocycles. The van der Waals surface area contributed by atoms with E-state index in [1.54, 1.807) is 10.9 Å². The van der Waals surface area contributed by atoms with E-state index >= 15 is 0 Å². The van der Waals surface area contributed by atoms with Gasteiger partial charge in [-0.15, -0.1) is 0 Å². The minimum Gasteiger partial charge on any atom is -0.368 e. The Bertz CT molecular complexity index is 883. The Morgan fingerprint density at radius 3 is 2.78 bits per heavy atom. The van der Waals surface area contributed by atoms with Crippen molar-refractivity contribution in [1.29, 1.82) is 0 Å². The lowest BCUT2D eigenvalue weighted by Crippen LogP contribution is -2.29. The van der Waals surface area contributed by atoms with Crippen molar-refractivity contribution < 1.29 is 9.32 Å². The van der Waals surface area contributed by atoms with E-state index in [1.807, 2.05) is 39.1 Å². The number of nitrogens with one attached hydrogen (secondary N) is 2. The highest BCUT2D eigenvalue weighted by molar-refractivity contribution is 5.76. The van der Waals surface area contributed by atoms with Crippen LogP contribution in [0.4, 0.5) is 5.82 Å². The molecule has 0 radical (unpaired) electrons. The second kappa shape index (κ2) is 8.43. The first-order valence-corrected chi connectivity index (χ1v) is 8.81. The minimum atomic E-state index is -0.00658. The predicted molar refractivity (Wildman–Crippen MR) is 99.7 cm³/mol. The van der Waals surface area contributed by atoms with Gasteiger partial charge in [0.2, 0.25) is 5.91 Å². The van der Waals surface area contributed by atoms with Gasteiger partial charge in [0.05, 0.1) is 5.69 Å². The van der Waals surface area contributed by atoms with E-state index in [9.17, 15) is 4.79 Å². The molecular weight excluding hydrogens is 346 g/mol. The quantitative estimate of drug-likeness (QED) is 0.582. The number of rotatable bonds is 8. The molecule has 0 aliphatic carbocycles. The molecule has 0 spiro atoms. The Kier molecular flexibility index (Phi) is 5.80. The predicted octanol–water partition coefficient (Wildman–Crippen LogP) is 1.74. The van der Waals surface area contributed by atoms with Crippen molar-refractivity contribution >= 4 is 11.7 Å². The molecule has 0 saturated heterocycles. The first kappa shape index (κ1) is 18.6. The number of nitrogens with zero attached hydrogens (tertiary/aromatic N) is 5. The molecule has 0 bridgehead atoms. The molecule has 9 heteroatoms. The molecule has 1 amide bonds. The summed E-state index contributed by atoms with van der Waals surface area (Å²) in [5, 5.41) is 14.2. The number of aromatic nitrogens is 5. The molecule has 0 unspecified atom stereocenters. The van der Waals surface area contributed by atoms with E-state index in [1.165, 1.54) is 0 Å². The Balaban J connectivity index is 1.44. The molecular formula is C18H23N7O2. The van der Waals surface area contributed by atoms with Crippen molar-refractivity contribution in [3.05, 3.63) is 47.4 Å². The summed E-state index contributed by atoms with van der Waals surface area (Å²) in [5.41, 5.74) is 1.85. The Morgan fingerprint density at radius 2 is 2.07 bits per heavy atom. The molecule has 0 saturated carbocycles. The molecule has 2 N–H and O–H groups in total. The smallest absolute Gasteiger partial charge is 0.220 e. The molecule has 0 fully saturated rings. The van der Waals surface area contributed by atoms with Gasteiger partial charge in [-0.3, -0.25) is 4.79 Å². The maximum Gasteiger partial charge on any atom is 0.220 e. The maximum atomic E-state index is 12.0. The third-order valence-electron chi connectivity index (χ3n) is 4.10. The van der Waals surface area contributed by atoms with Gasteiger partial charge in [0.15, 0.2) is 5.82 Å². The van der Waals surface area contributed by atoms with Gasteiger partial charge in [0.1, 0.15) is 17.4 Å². The standard InChI is InChI=1S/C18H23N7O2/c1-12-15(13(2)27-24-12)5-6-18(26)20-9-8-19-16-11-17(23-14(3)22-16)25-10-4-7-21-25/h4,7,10-11H,5-6,8-9H2,1-3H3,(H,20,26)(H,19,22,23). The van der Waals surface area contributed by atoms with Crippen LogP contribution in [-0.4, -0.2) is 43.9 Å². The largest absolute Gasteiger partial charge is 0.368 e. The van der Waals surface area contributed by atoms with E-state index < -0.39 is 0 Å². The summed E-state index contributed by atoms with van der Waals surface area (Å²) in [6.45, 7) is 6.63. The topological polar surface area (TPSA) is 111 Å². The van der Waals surface area contributed by atoms with E-state index in [0.29, 0.717) is 43.4 Å². The zero-order chi connectivity index (χ0) is 19.2. The summed E-state index contributed by atoms with van der Waals surface area (Å²) in [7, 11) is 0. The average molecular weight is 369 g/mol. The maximum absolute atomic E-state index is 12.0. The number of anilines is 1. The summed E-state index contributed by atoms with van der Waals surface area (Å²) in [6, 6.07) is 3.65. The van der Waals surface area contributed by atoms with Gasteiger partial charge in [-0.05, 0) is 33.3 Å². The van der Waals surface area contributed by atoms with Crippen LogP contribution in [-0.2, 0) is 11.2 Å². The Morgan fingerprint density at radius 1 is 1.22 bits per heavy atom. The summed E-state index contributed by atoms with van der Waals surface area (Å²) in [5.74, 6) is 2.80. The summed E-state index contributed by atoms with van der Waals surface area (Å²) >= 11 is 0. The van der Waals surface area contributed by atoms with E-state index in [2.05, 4.69) is 30.9 Å². The van der Waals surface area contributed by atoms with Gasteiger partial charge in [-0.25, -0.2) is 14.6 Å². The Hall–Kier alpha value is -3.23. The van der Waals surface area contributed by atoms with E-state index in [4.69, 9.17) is 4.52 Å². The second-order valence-corrected chi connectivity index (χ2v) is 6.19. The molecule has 0 aliphatic heterocycles. The lowest BCUT2D eigenvalue weighted by atomic mass is 10.1. The van der Waals surface area contributed by atoms with Crippen molar-refractivity contribution in [2.24, 2.45) is 0 Å². The number of carbonyl (C=O) groups is 1. The van der Waals surface area contributed by atoms with Crippen LogP contribution < -0.4 is 10.6 Å². The zero-order valence-electron chi connectivity index (χ0n) is 15.7. The fourth-order valence-corrected chi connectivity index (χ4v) is 2.74. The van der Waals surface area contributed by atoms with E-state index in [0.717, 1.165) is 17.0 Å². The number of aryl methyl sites for hydroxylation is 3. The number of hydrogen-bond donors (Lipinski definition) is 2. The van der Waals surface area contributed by atoms with Crippen LogP contribution in [0.25, 0.3) is 5.82 Å². The first-order valence-electron chi connectivity index (χ1n) is 8.81. The Labute approximate surface area is 157 Å². The molecule has 3 rings (SSSR count). The highest BCUT2D eigenvalue weighted by Crippen LogP contribution is 2.14. The molecule has 3 aromatic heterocycles. The van der Waals surface area contributed by atoms with Crippen LogP contribution in [0.5, 0.6) is 0 Å². The summed E-state index contributed by atoms with van der Waals surface area (Å²) in [6.07, 6.45) is 4.55. The van der Waals surface area contributed by atoms with Gasteiger partial charge in [0, 0.05) is 43.5 Å². The molecule has 0 aliphatic rings. The highest BCUT2D eigenvalue weighted by atomic mass is 16.5. The van der Waals surface area contributed by atoms with Gasteiger partial charge in [-0.1, -0.05) is 5.16 Å². The van der Waals surface area contributed by atoms with Gasteiger partial charge in [-0.2, -0.15) is 5.10 Å². The highest BCUT2D eigenvalue weighted by Gasteiger charge is 2.11. The van der Waals surface area contributed by atoms with Crippen LogP contribution in [0.1, 0.15) is 29.3 Å². The fourth-order valence-electron chi connectivity index (χ4n) is 2.74. The SMILES string of the molecule is Cc1nc(NCCNC(=O)CCc2c(C)noc2C)cc(-n2cccn2)n1. The van der Waals surface area contributed by atoms with Crippen LogP contribution in [0.15, 0.2) is 29.0 Å². The second-order valence-electron chi connectivity index (χ2n) is 6.19. The molecule has 142 valence electrons. The van der Waals surface area contributed by atoms with Gasteiger partial charge >= 0.3 is 0 Å². The van der Waals surface area contributed by atoms with Crippen molar-refractivity contribution in [1.82, 2.24) is 30.2 Å². The van der Waals surface area contributed by atoms with Crippen LogP contribution in [0.3, 0.4) is 0 Å². The molecule has 9 nitrogen and oxygen atoms in total. The lowest BCUT2D eigenvalue weighted by Gasteiger charge is -2.09. The third kappa shape index (κ3) is 4.90. The number of amides is 1. The monoisotopic (exact) mass is 369 g/mol. The van der Waals surface area contributed by atoms with Crippen molar-refractivity contribution in [3.8, 4) is 5.82 Å². The number of hydrogen-bond acceptors (Lipinski definition) is 7. The zero-order valence-corrected chi connectivity index (χ0v) is 15.7. The molecule has 3 heterocycles. The normalized spacial score (nSPS) is 10.8. The van der Waals surface area contributed by atoms with Crippen LogP contribution in [0.2, 0.25) is 0 Å². The molecule has 0 atom stereocenters. The molecule has 3 aromatic rings. The summed E-state index contributed by atoms with van der Waals surface area (Å²) in [4.78, 5) is 20.7. The van der Waals surface area contributed by atoms with Crippen molar-refractivity contribution in [3.63, 3.8) is 0 Å². The third-order valence-corrected chi connectivity index (χ3v) is 4.10. The fraction of sp³-hybridized carbons (Fsp3) is 0.389.